The van der Waals surface area contributed by atoms with Gasteiger partial charge in [-0.2, -0.15) is 0 Å². The Morgan fingerprint density at radius 3 is 1.14 bits per heavy atom. The molecule has 0 amide bonds. The van der Waals surface area contributed by atoms with Crippen LogP contribution in [-0.4, -0.2) is 59.9 Å². The fourth-order valence-electron chi connectivity index (χ4n) is 7.53. The summed E-state index contributed by atoms with van der Waals surface area (Å²) in [7, 11) is -4.72. The molecular weight excluding hydrogens is 830 g/mol. The van der Waals surface area contributed by atoms with Crippen LogP contribution in [0.15, 0.2) is 24.3 Å². The molecule has 0 radical (unpaired) electrons. The number of unbranched alkanes of at least 4 members (excludes halogenated alkanes) is 32. The van der Waals surface area contributed by atoms with E-state index in [1.54, 1.807) is 0 Å². The summed E-state index contributed by atoms with van der Waals surface area (Å²) in [5.74, 6) is -2.37. The van der Waals surface area contributed by atoms with Gasteiger partial charge in [0.2, 0.25) is 0 Å². The number of aliphatic carboxylic acids is 1. The number of carboxylic acid groups (broad SMARTS) is 1. The number of esters is 2. The number of nitrogens with two attached hydrogens (primary N) is 1. The SMILES string of the molecule is CCCCCCCC/C=C/CCCCCCCCCCCCCC(=O)O[C@H](COC(=O)CCCCCCCCCCC/C=C/CCCCCCCC)COP(=O)(O)OC[C@H](N)C(=O)O. The van der Waals surface area contributed by atoms with Gasteiger partial charge in [0, 0.05) is 12.8 Å². The lowest BCUT2D eigenvalue weighted by Gasteiger charge is -2.20. The van der Waals surface area contributed by atoms with Crippen molar-refractivity contribution in [2.45, 2.75) is 270 Å². The molecule has 0 bridgehead atoms. The smallest absolute Gasteiger partial charge is 0.472 e. The van der Waals surface area contributed by atoms with Crippen molar-refractivity contribution in [3.8, 4) is 0 Å². The monoisotopic (exact) mass is 928 g/mol. The van der Waals surface area contributed by atoms with E-state index in [1.165, 1.54) is 180 Å². The van der Waals surface area contributed by atoms with Crippen LogP contribution in [-0.2, 0) is 37.5 Å². The van der Waals surface area contributed by atoms with Gasteiger partial charge in [0.25, 0.3) is 0 Å². The zero-order chi connectivity index (χ0) is 47.0. The van der Waals surface area contributed by atoms with E-state index < -0.39 is 51.1 Å². The van der Waals surface area contributed by atoms with Crippen LogP contribution in [0, 0.1) is 0 Å². The minimum Gasteiger partial charge on any atom is -0.480 e. The largest absolute Gasteiger partial charge is 0.480 e. The molecule has 64 heavy (non-hydrogen) atoms. The molecule has 0 aliphatic heterocycles. The minimum atomic E-state index is -4.72. The van der Waals surface area contributed by atoms with Crippen molar-refractivity contribution in [2.75, 3.05) is 19.8 Å². The Labute approximate surface area is 391 Å². The predicted molar refractivity (Wildman–Crippen MR) is 263 cm³/mol. The molecule has 3 atom stereocenters. The number of hydrogen-bond donors (Lipinski definition) is 3. The average molecular weight is 928 g/mol. The number of allylic oxidation sites excluding steroid dienone is 4. The fourth-order valence-corrected chi connectivity index (χ4v) is 8.31. The van der Waals surface area contributed by atoms with Crippen LogP contribution in [0.25, 0.3) is 0 Å². The number of carbonyl (C=O) groups excluding carboxylic acids is 2. The average Bonchev–Trinajstić information content (AvgIpc) is 3.27. The van der Waals surface area contributed by atoms with Crippen LogP contribution in [0.1, 0.15) is 258 Å². The standard InChI is InChI=1S/C52H98NO10P/c1-3-5-7-9-11-13-15-17-19-21-23-24-26-28-30-32-34-36-38-40-42-44-51(55)63-48(46-61-64(58,59)62-47-49(53)52(56)57)45-60-50(54)43-41-39-37-35-33-31-29-27-25-22-20-18-16-14-12-10-8-6-4-2/h17-20,48-49H,3-16,21-47,53H2,1-2H3,(H,56,57)(H,58,59)/b19-17+,20-18+/t48-,49+/m1/s1. The maximum atomic E-state index is 12.7. The molecule has 0 saturated carbocycles. The molecule has 0 saturated heterocycles. The third kappa shape index (κ3) is 46.5. The van der Waals surface area contributed by atoms with E-state index in [1.807, 2.05) is 0 Å². The summed E-state index contributed by atoms with van der Waals surface area (Å²) in [5.41, 5.74) is 5.36. The highest BCUT2D eigenvalue weighted by atomic mass is 31.2. The molecule has 12 heteroatoms. The van der Waals surface area contributed by atoms with E-state index in [0.717, 1.165) is 38.5 Å². The van der Waals surface area contributed by atoms with Gasteiger partial charge >= 0.3 is 25.7 Å². The van der Waals surface area contributed by atoms with Crippen LogP contribution in [0.4, 0.5) is 0 Å². The highest BCUT2D eigenvalue weighted by Crippen LogP contribution is 2.43. The summed E-state index contributed by atoms with van der Waals surface area (Å²) in [6.07, 6.45) is 52.4. The molecule has 0 aliphatic rings. The normalized spacial score (nSPS) is 13.7. The lowest BCUT2D eigenvalue weighted by Crippen LogP contribution is -2.34. The fraction of sp³-hybridized carbons (Fsp3) is 0.865. The lowest BCUT2D eigenvalue weighted by molar-refractivity contribution is -0.161. The maximum absolute atomic E-state index is 12.7. The molecule has 11 nitrogen and oxygen atoms in total. The van der Waals surface area contributed by atoms with Crippen molar-refractivity contribution in [3.63, 3.8) is 0 Å². The number of carboxylic acids is 1. The van der Waals surface area contributed by atoms with Gasteiger partial charge in [-0.1, -0.05) is 205 Å². The van der Waals surface area contributed by atoms with Crippen LogP contribution >= 0.6 is 7.82 Å². The summed E-state index contributed by atoms with van der Waals surface area (Å²) in [4.78, 5) is 46.2. The number of carbonyl (C=O) groups is 3. The lowest BCUT2D eigenvalue weighted by atomic mass is 10.0. The van der Waals surface area contributed by atoms with E-state index in [4.69, 9.17) is 24.8 Å². The van der Waals surface area contributed by atoms with Gasteiger partial charge in [0.05, 0.1) is 13.2 Å². The van der Waals surface area contributed by atoms with Crippen molar-refractivity contribution >= 4 is 25.7 Å². The van der Waals surface area contributed by atoms with E-state index >= 15 is 0 Å². The molecule has 4 N–H and O–H groups in total. The molecule has 1 unspecified atom stereocenters. The second-order valence-corrected chi connectivity index (χ2v) is 19.5. The highest BCUT2D eigenvalue weighted by molar-refractivity contribution is 7.47. The number of phosphoric acid groups is 1. The Morgan fingerprint density at radius 1 is 0.469 bits per heavy atom. The zero-order valence-electron chi connectivity index (χ0n) is 41.1. The third-order valence-electron chi connectivity index (χ3n) is 11.7. The highest BCUT2D eigenvalue weighted by Gasteiger charge is 2.28. The molecule has 0 aromatic heterocycles. The molecule has 0 heterocycles. The van der Waals surface area contributed by atoms with E-state index in [0.29, 0.717) is 12.8 Å². The van der Waals surface area contributed by atoms with Crippen LogP contribution in [0.3, 0.4) is 0 Å². The minimum absolute atomic E-state index is 0.163. The molecule has 0 rings (SSSR count). The van der Waals surface area contributed by atoms with Crippen molar-refractivity contribution in [1.29, 1.82) is 0 Å². The van der Waals surface area contributed by atoms with Crippen molar-refractivity contribution in [3.05, 3.63) is 24.3 Å². The predicted octanol–water partition coefficient (Wildman–Crippen LogP) is 15.0. The second kappa shape index (κ2) is 47.5. The van der Waals surface area contributed by atoms with Gasteiger partial charge in [-0.15, -0.1) is 0 Å². The van der Waals surface area contributed by atoms with Crippen LogP contribution in [0.5, 0.6) is 0 Å². The number of ether oxygens (including phenoxy) is 2. The number of phosphoric ester groups is 1. The van der Waals surface area contributed by atoms with Crippen LogP contribution < -0.4 is 5.73 Å². The first kappa shape index (κ1) is 62.0. The van der Waals surface area contributed by atoms with Gasteiger partial charge in [0.15, 0.2) is 6.10 Å². The molecule has 0 fully saturated rings. The van der Waals surface area contributed by atoms with Crippen molar-refractivity contribution in [1.82, 2.24) is 0 Å². The van der Waals surface area contributed by atoms with Crippen molar-refractivity contribution < 1.29 is 47.5 Å². The molecule has 0 aromatic carbocycles. The van der Waals surface area contributed by atoms with Crippen LogP contribution in [0.2, 0.25) is 0 Å². The first-order chi connectivity index (χ1) is 31.1. The van der Waals surface area contributed by atoms with Gasteiger partial charge in [0.1, 0.15) is 12.6 Å². The van der Waals surface area contributed by atoms with Crippen molar-refractivity contribution in [2.24, 2.45) is 5.73 Å². The molecule has 0 aromatic rings. The second-order valence-electron chi connectivity index (χ2n) is 18.0. The quantitative estimate of drug-likeness (QED) is 0.0229. The summed E-state index contributed by atoms with van der Waals surface area (Å²) in [6, 6.07) is -1.52. The summed E-state index contributed by atoms with van der Waals surface area (Å²) >= 11 is 0. The molecule has 0 aliphatic carbocycles. The molecular formula is C52H98NO10P. The first-order valence-corrected chi connectivity index (χ1v) is 27.9. The van der Waals surface area contributed by atoms with Gasteiger partial charge in [-0.05, 0) is 64.2 Å². The number of hydrogen-bond acceptors (Lipinski definition) is 9. The Morgan fingerprint density at radius 2 is 0.781 bits per heavy atom. The summed E-state index contributed by atoms with van der Waals surface area (Å²) in [6.45, 7) is 2.84. The third-order valence-corrected chi connectivity index (χ3v) is 12.6. The van der Waals surface area contributed by atoms with E-state index in [2.05, 4.69) is 42.7 Å². The molecule has 0 spiro atoms. The Hall–Kier alpha value is -2.04. The Bertz CT molecular complexity index is 1180. The summed E-state index contributed by atoms with van der Waals surface area (Å²) < 4.78 is 32.9. The number of rotatable bonds is 50. The zero-order valence-corrected chi connectivity index (χ0v) is 42.0. The topological polar surface area (TPSA) is 172 Å². The van der Waals surface area contributed by atoms with Gasteiger partial charge < -0.3 is 25.2 Å². The van der Waals surface area contributed by atoms with Gasteiger partial charge in [-0.3, -0.25) is 23.4 Å². The Kier molecular flexibility index (Phi) is 45.9. The maximum Gasteiger partial charge on any atom is 0.472 e. The first-order valence-electron chi connectivity index (χ1n) is 26.4. The molecule has 376 valence electrons. The van der Waals surface area contributed by atoms with Gasteiger partial charge in [-0.25, -0.2) is 4.57 Å². The summed E-state index contributed by atoms with van der Waals surface area (Å²) in [5, 5.41) is 8.93. The van der Waals surface area contributed by atoms with E-state index in [-0.39, 0.29) is 19.4 Å². The van der Waals surface area contributed by atoms with E-state index in [9.17, 15) is 23.8 Å². The Balaban J connectivity index is 4.21.